The second-order valence-corrected chi connectivity index (χ2v) is 5.34. The van der Waals surface area contributed by atoms with Gasteiger partial charge < -0.3 is 5.11 Å². The van der Waals surface area contributed by atoms with Gasteiger partial charge in [-0.25, -0.2) is 13.6 Å². The van der Waals surface area contributed by atoms with Crippen molar-refractivity contribution >= 4 is 5.97 Å². The second kappa shape index (κ2) is 4.89. The van der Waals surface area contributed by atoms with Gasteiger partial charge in [0.15, 0.2) is 0 Å². The third-order valence-electron chi connectivity index (χ3n) is 3.66. The Hall–Kier alpha value is -1.49. The number of nitrogens with one attached hydrogen (secondary N) is 1. The molecule has 1 aromatic rings. The Morgan fingerprint density at radius 2 is 2.05 bits per heavy atom. The minimum Gasteiger partial charge on any atom is -0.480 e. The minimum atomic E-state index is -1.61. The molecule has 3 nitrogen and oxygen atoms in total. The molecule has 0 aromatic heterocycles. The lowest BCUT2D eigenvalue weighted by atomic mass is 9.90. The third-order valence-corrected chi connectivity index (χ3v) is 3.66. The zero-order chi connectivity index (χ0) is 14.2. The fraction of sp³-hybridized carbons (Fsp3) is 0.500. The maximum absolute atomic E-state index is 14.0. The monoisotopic (exact) mass is 269 g/mol. The highest BCUT2D eigenvalue weighted by molar-refractivity contribution is 5.80. The number of carboxylic acids is 1. The number of halogens is 2. The second-order valence-electron chi connectivity index (χ2n) is 5.34. The summed E-state index contributed by atoms with van der Waals surface area (Å²) in [5.74, 6) is -2.07. The van der Waals surface area contributed by atoms with E-state index in [2.05, 4.69) is 5.32 Å². The third kappa shape index (κ3) is 2.76. The number of aliphatic carboxylic acids is 1. The fourth-order valence-corrected chi connectivity index (χ4v) is 1.99. The molecule has 0 aliphatic heterocycles. The van der Waals surface area contributed by atoms with Crippen molar-refractivity contribution in [3.05, 3.63) is 34.9 Å². The van der Waals surface area contributed by atoms with E-state index in [0.717, 1.165) is 25.0 Å². The Balaban J connectivity index is 2.36. The van der Waals surface area contributed by atoms with Crippen LogP contribution in [0.15, 0.2) is 12.1 Å². The summed E-state index contributed by atoms with van der Waals surface area (Å²) in [5.41, 5.74) is -1.61. The molecule has 1 aromatic carbocycles. The Morgan fingerprint density at radius 1 is 1.42 bits per heavy atom. The van der Waals surface area contributed by atoms with E-state index in [1.54, 1.807) is 0 Å². The first-order valence-corrected chi connectivity index (χ1v) is 6.29. The number of carbonyl (C=O) groups is 1. The summed E-state index contributed by atoms with van der Waals surface area (Å²) >= 11 is 0. The Labute approximate surface area is 110 Å². The first-order chi connectivity index (χ1) is 8.84. The van der Waals surface area contributed by atoms with Crippen LogP contribution < -0.4 is 5.32 Å². The average Bonchev–Trinajstić information content (AvgIpc) is 3.14. The minimum absolute atomic E-state index is 0.163. The number of benzene rings is 1. The fourth-order valence-electron chi connectivity index (χ4n) is 1.99. The van der Waals surface area contributed by atoms with Crippen LogP contribution >= 0.6 is 0 Å². The van der Waals surface area contributed by atoms with Gasteiger partial charge in [-0.1, -0.05) is 0 Å². The summed E-state index contributed by atoms with van der Waals surface area (Å²) in [7, 11) is 0. The molecule has 2 N–H and O–H groups in total. The maximum Gasteiger partial charge on any atom is 0.328 e. The maximum atomic E-state index is 14.0. The van der Waals surface area contributed by atoms with Crippen LogP contribution in [0, 0.1) is 24.5 Å². The molecular formula is C14H17F2NO2. The van der Waals surface area contributed by atoms with E-state index in [9.17, 15) is 18.7 Å². The quantitative estimate of drug-likeness (QED) is 0.863. The molecule has 1 fully saturated rings. The Morgan fingerprint density at radius 3 is 2.58 bits per heavy atom. The van der Waals surface area contributed by atoms with Crippen LogP contribution in [-0.2, 0) is 10.3 Å². The summed E-state index contributed by atoms with van der Waals surface area (Å²) in [6, 6.07) is 2.00. The molecule has 104 valence electrons. The van der Waals surface area contributed by atoms with Gasteiger partial charge in [-0.3, -0.25) is 5.32 Å². The van der Waals surface area contributed by atoms with Crippen molar-refractivity contribution in [2.75, 3.05) is 6.54 Å². The molecule has 2 rings (SSSR count). The van der Waals surface area contributed by atoms with Crippen LogP contribution in [0.4, 0.5) is 8.78 Å². The smallest absolute Gasteiger partial charge is 0.328 e. The number of hydrogen-bond acceptors (Lipinski definition) is 2. The van der Waals surface area contributed by atoms with Crippen LogP contribution in [0.1, 0.15) is 30.9 Å². The molecule has 1 saturated carbocycles. The van der Waals surface area contributed by atoms with Crippen LogP contribution in [0.2, 0.25) is 0 Å². The van der Waals surface area contributed by atoms with Gasteiger partial charge in [-0.2, -0.15) is 0 Å². The van der Waals surface area contributed by atoms with Crippen molar-refractivity contribution in [3.63, 3.8) is 0 Å². The van der Waals surface area contributed by atoms with Crippen molar-refractivity contribution in [1.82, 2.24) is 5.32 Å². The van der Waals surface area contributed by atoms with E-state index < -0.39 is 23.1 Å². The Kier molecular flexibility index (Phi) is 3.58. The Bertz CT molecular complexity index is 514. The highest BCUT2D eigenvalue weighted by Gasteiger charge is 2.39. The largest absolute Gasteiger partial charge is 0.480 e. The van der Waals surface area contributed by atoms with Crippen molar-refractivity contribution in [3.8, 4) is 0 Å². The first kappa shape index (κ1) is 13.9. The standard InChI is InChI=1S/C14H17F2NO2/c1-8-5-12(16)10(6-11(8)15)14(2,13(18)19)17-7-9-3-4-9/h5-6,9,17H,3-4,7H2,1-2H3,(H,18,19). The molecule has 19 heavy (non-hydrogen) atoms. The van der Waals surface area contributed by atoms with Crippen LogP contribution in [0.3, 0.4) is 0 Å². The highest BCUT2D eigenvalue weighted by atomic mass is 19.1. The summed E-state index contributed by atoms with van der Waals surface area (Å²) in [6.45, 7) is 3.31. The van der Waals surface area contributed by atoms with Gasteiger partial charge in [-0.05, 0) is 56.8 Å². The lowest BCUT2D eigenvalue weighted by molar-refractivity contribution is -0.144. The van der Waals surface area contributed by atoms with Crippen LogP contribution in [0.25, 0.3) is 0 Å². The molecule has 0 saturated heterocycles. The van der Waals surface area contributed by atoms with Gasteiger partial charge in [0.25, 0.3) is 0 Å². The molecule has 1 aliphatic carbocycles. The predicted molar refractivity (Wildman–Crippen MR) is 66.8 cm³/mol. The molecule has 5 heteroatoms. The molecular weight excluding hydrogens is 252 g/mol. The summed E-state index contributed by atoms with van der Waals surface area (Å²) in [4.78, 5) is 11.5. The molecule has 0 spiro atoms. The molecule has 1 unspecified atom stereocenters. The van der Waals surface area contributed by atoms with Gasteiger partial charge in [-0.15, -0.1) is 0 Å². The van der Waals surface area contributed by atoms with E-state index >= 15 is 0 Å². The summed E-state index contributed by atoms with van der Waals surface area (Å²) in [5, 5.41) is 12.2. The normalized spacial score (nSPS) is 18.1. The number of carboxylic acid groups (broad SMARTS) is 1. The van der Waals surface area contributed by atoms with E-state index in [1.165, 1.54) is 13.8 Å². The van der Waals surface area contributed by atoms with Crippen molar-refractivity contribution in [1.29, 1.82) is 0 Å². The van der Waals surface area contributed by atoms with E-state index in [0.29, 0.717) is 12.5 Å². The van der Waals surface area contributed by atoms with E-state index in [4.69, 9.17) is 0 Å². The van der Waals surface area contributed by atoms with Crippen LogP contribution in [0.5, 0.6) is 0 Å². The number of aryl methyl sites for hydroxylation is 1. The molecule has 0 radical (unpaired) electrons. The molecule has 1 aliphatic rings. The predicted octanol–water partition coefficient (Wildman–Crippen LogP) is 2.57. The average molecular weight is 269 g/mol. The highest BCUT2D eigenvalue weighted by Crippen LogP contribution is 2.31. The van der Waals surface area contributed by atoms with Crippen LogP contribution in [-0.4, -0.2) is 17.6 Å². The molecule has 0 bridgehead atoms. The lowest BCUT2D eigenvalue weighted by Gasteiger charge is -2.27. The van der Waals surface area contributed by atoms with Gasteiger partial charge in [0.2, 0.25) is 0 Å². The van der Waals surface area contributed by atoms with Gasteiger partial charge in [0, 0.05) is 5.56 Å². The van der Waals surface area contributed by atoms with E-state index in [1.807, 2.05) is 0 Å². The number of rotatable bonds is 5. The van der Waals surface area contributed by atoms with Crippen molar-refractivity contribution < 1.29 is 18.7 Å². The van der Waals surface area contributed by atoms with Gasteiger partial charge in [0.05, 0.1) is 0 Å². The molecule has 1 atom stereocenters. The lowest BCUT2D eigenvalue weighted by Crippen LogP contribution is -2.48. The SMILES string of the molecule is Cc1cc(F)c(C(C)(NCC2CC2)C(=O)O)cc1F. The topological polar surface area (TPSA) is 49.3 Å². The zero-order valence-electron chi connectivity index (χ0n) is 11.0. The molecule has 0 heterocycles. The first-order valence-electron chi connectivity index (χ1n) is 6.29. The van der Waals surface area contributed by atoms with E-state index in [-0.39, 0.29) is 11.1 Å². The van der Waals surface area contributed by atoms with Crippen molar-refractivity contribution in [2.24, 2.45) is 5.92 Å². The number of hydrogen-bond donors (Lipinski definition) is 2. The summed E-state index contributed by atoms with van der Waals surface area (Å²) < 4.78 is 27.5. The van der Waals surface area contributed by atoms with Gasteiger partial charge in [0.1, 0.15) is 17.2 Å². The summed E-state index contributed by atoms with van der Waals surface area (Å²) in [6.07, 6.45) is 2.10. The van der Waals surface area contributed by atoms with Crippen molar-refractivity contribution in [2.45, 2.75) is 32.2 Å². The van der Waals surface area contributed by atoms with Gasteiger partial charge >= 0.3 is 5.97 Å². The zero-order valence-corrected chi connectivity index (χ0v) is 11.0. The molecule has 0 amide bonds.